The number of rotatable bonds is 4. The van der Waals surface area contributed by atoms with Gasteiger partial charge in [-0.05, 0) is 18.6 Å². The first-order chi connectivity index (χ1) is 9.47. The van der Waals surface area contributed by atoms with E-state index in [-0.39, 0.29) is 21.2 Å². The van der Waals surface area contributed by atoms with Gasteiger partial charge in [-0.25, -0.2) is 4.79 Å². The Balaban J connectivity index is 2.80. The number of carbonyl (C=O) groups is 1. The first-order valence-corrected chi connectivity index (χ1v) is 6.97. The van der Waals surface area contributed by atoms with Gasteiger partial charge in [0.2, 0.25) is 0 Å². The third kappa shape index (κ3) is 2.53. The number of unbranched alkanes of at least 4 members (excludes halogenated alkanes) is 1. The van der Waals surface area contributed by atoms with Crippen LogP contribution in [-0.4, -0.2) is 15.6 Å². The van der Waals surface area contributed by atoms with Crippen LogP contribution in [0.15, 0.2) is 23.0 Å². The van der Waals surface area contributed by atoms with Crippen molar-refractivity contribution in [1.82, 2.24) is 4.57 Å². The van der Waals surface area contributed by atoms with E-state index in [2.05, 4.69) is 0 Å². The molecule has 2 rings (SSSR count). The van der Waals surface area contributed by atoms with Crippen molar-refractivity contribution in [2.24, 2.45) is 0 Å². The highest BCUT2D eigenvalue weighted by Gasteiger charge is 2.18. The molecule has 106 valence electrons. The third-order valence-corrected chi connectivity index (χ3v) is 3.82. The number of halogens is 2. The van der Waals surface area contributed by atoms with Gasteiger partial charge >= 0.3 is 5.97 Å². The number of hydrogen-bond acceptors (Lipinski definition) is 2. The molecule has 1 aromatic heterocycles. The number of carboxylic acids is 1. The van der Waals surface area contributed by atoms with Gasteiger partial charge in [0.1, 0.15) is 0 Å². The monoisotopic (exact) mass is 313 g/mol. The van der Waals surface area contributed by atoms with Gasteiger partial charge in [0.25, 0.3) is 5.56 Å². The van der Waals surface area contributed by atoms with Crippen molar-refractivity contribution < 1.29 is 9.90 Å². The molecule has 0 atom stereocenters. The highest BCUT2D eigenvalue weighted by Crippen LogP contribution is 2.32. The van der Waals surface area contributed by atoms with E-state index >= 15 is 0 Å². The molecule has 0 aliphatic heterocycles. The second kappa shape index (κ2) is 5.85. The molecule has 0 unspecified atom stereocenters. The number of fused-ring (bicyclic) bond motifs is 1. The van der Waals surface area contributed by atoms with Crippen LogP contribution >= 0.6 is 23.2 Å². The van der Waals surface area contributed by atoms with Crippen LogP contribution in [-0.2, 0) is 6.54 Å². The van der Waals surface area contributed by atoms with Crippen molar-refractivity contribution in [3.8, 4) is 0 Å². The molecule has 1 heterocycles. The van der Waals surface area contributed by atoms with Gasteiger partial charge in [-0.1, -0.05) is 36.5 Å². The summed E-state index contributed by atoms with van der Waals surface area (Å²) in [5.41, 5.74) is 0.272. The van der Waals surface area contributed by atoms with Crippen LogP contribution < -0.4 is 5.56 Å². The second-order valence-corrected chi connectivity index (χ2v) is 5.25. The summed E-state index contributed by atoms with van der Waals surface area (Å²) in [6.45, 7) is 2.57. The fraction of sp³-hybridized carbons (Fsp3) is 0.286. The Kier molecular flexibility index (Phi) is 4.35. The van der Waals surface area contributed by atoms with Gasteiger partial charge in [0, 0.05) is 18.0 Å². The lowest BCUT2D eigenvalue weighted by Gasteiger charge is -2.12. The maximum atomic E-state index is 11.9. The summed E-state index contributed by atoms with van der Waals surface area (Å²) in [5, 5.41) is 9.75. The van der Waals surface area contributed by atoms with Gasteiger partial charge in [-0.2, -0.15) is 0 Å². The average molecular weight is 314 g/mol. The molecule has 20 heavy (non-hydrogen) atoms. The van der Waals surface area contributed by atoms with Crippen LogP contribution in [0.25, 0.3) is 10.9 Å². The van der Waals surface area contributed by atoms with Crippen molar-refractivity contribution in [3.63, 3.8) is 0 Å². The number of hydrogen-bond donors (Lipinski definition) is 1. The van der Waals surface area contributed by atoms with Crippen molar-refractivity contribution >= 4 is 40.1 Å². The Morgan fingerprint density at radius 3 is 2.65 bits per heavy atom. The van der Waals surface area contributed by atoms with E-state index in [1.54, 1.807) is 4.57 Å². The lowest BCUT2D eigenvalue weighted by atomic mass is 10.1. The van der Waals surface area contributed by atoms with Crippen LogP contribution in [0.3, 0.4) is 0 Å². The predicted molar refractivity (Wildman–Crippen MR) is 80.1 cm³/mol. The molecule has 6 heteroatoms. The van der Waals surface area contributed by atoms with Gasteiger partial charge in [-0.3, -0.25) is 4.79 Å². The number of aromatic carboxylic acids is 1. The van der Waals surface area contributed by atoms with Crippen molar-refractivity contribution in [2.75, 3.05) is 0 Å². The minimum absolute atomic E-state index is 0.0332. The molecule has 1 N–H and O–H groups in total. The summed E-state index contributed by atoms with van der Waals surface area (Å²) in [6, 6.07) is 4.41. The summed E-state index contributed by atoms with van der Waals surface area (Å²) in [4.78, 5) is 23.1. The largest absolute Gasteiger partial charge is 0.478 e. The number of benzene rings is 1. The van der Waals surface area contributed by atoms with Gasteiger partial charge in [0.05, 0.1) is 21.1 Å². The van der Waals surface area contributed by atoms with Crippen LogP contribution in [0.4, 0.5) is 0 Å². The maximum Gasteiger partial charge on any atom is 0.338 e. The van der Waals surface area contributed by atoms with Gasteiger partial charge < -0.3 is 9.67 Å². The zero-order valence-corrected chi connectivity index (χ0v) is 12.3. The minimum atomic E-state index is -1.19. The molecule has 0 fully saturated rings. The number of nitrogens with zero attached hydrogens (tertiary/aromatic N) is 1. The molecule has 4 nitrogen and oxygen atoms in total. The van der Waals surface area contributed by atoms with Gasteiger partial charge in [-0.15, -0.1) is 0 Å². The zero-order chi connectivity index (χ0) is 14.9. The van der Waals surface area contributed by atoms with Crippen LogP contribution in [0.1, 0.15) is 30.1 Å². The average Bonchev–Trinajstić information content (AvgIpc) is 2.37. The van der Waals surface area contributed by atoms with E-state index in [1.165, 1.54) is 18.2 Å². The third-order valence-electron chi connectivity index (χ3n) is 3.13. The fourth-order valence-electron chi connectivity index (χ4n) is 2.11. The van der Waals surface area contributed by atoms with Crippen LogP contribution in [0.5, 0.6) is 0 Å². The van der Waals surface area contributed by atoms with Gasteiger partial charge in [0.15, 0.2) is 0 Å². The number of aromatic nitrogens is 1. The minimum Gasteiger partial charge on any atom is -0.478 e. The topological polar surface area (TPSA) is 59.3 Å². The smallest absolute Gasteiger partial charge is 0.338 e. The Hall–Kier alpha value is -1.52. The van der Waals surface area contributed by atoms with E-state index in [0.29, 0.717) is 17.4 Å². The number of pyridine rings is 1. The summed E-state index contributed by atoms with van der Waals surface area (Å²) >= 11 is 12.1. The lowest BCUT2D eigenvalue weighted by molar-refractivity contribution is 0.0697. The lowest BCUT2D eigenvalue weighted by Crippen LogP contribution is -2.19. The number of carboxylic acid groups (broad SMARTS) is 1. The normalized spacial score (nSPS) is 10.9. The molecule has 2 aromatic rings. The van der Waals surface area contributed by atoms with Crippen molar-refractivity contribution in [1.29, 1.82) is 0 Å². The molecule has 0 saturated heterocycles. The summed E-state index contributed by atoms with van der Waals surface area (Å²) in [7, 11) is 0. The summed E-state index contributed by atoms with van der Waals surface area (Å²) in [5.74, 6) is -1.19. The Bertz CT molecular complexity index is 737. The van der Waals surface area contributed by atoms with E-state index in [9.17, 15) is 9.59 Å². The van der Waals surface area contributed by atoms with E-state index in [0.717, 1.165) is 12.8 Å². The Morgan fingerprint density at radius 2 is 2.05 bits per heavy atom. The molecular weight excluding hydrogens is 301 g/mol. The molecule has 0 aliphatic rings. The van der Waals surface area contributed by atoms with E-state index in [4.69, 9.17) is 28.3 Å². The molecule has 0 aliphatic carbocycles. The molecule has 0 spiro atoms. The quantitative estimate of drug-likeness (QED) is 0.933. The summed E-state index contributed by atoms with van der Waals surface area (Å²) < 4.78 is 1.57. The molecular formula is C14H13Cl2NO3. The summed E-state index contributed by atoms with van der Waals surface area (Å²) in [6.07, 6.45) is 1.78. The molecule has 0 saturated carbocycles. The van der Waals surface area contributed by atoms with Crippen LogP contribution in [0.2, 0.25) is 10.0 Å². The highest BCUT2D eigenvalue weighted by molar-refractivity contribution is 6.42. The zero-order valence-electron chi connectivity index (χ0n) is 10.8. The Labute approximate surface area is 125 Å². The SMILES string of the molecule is CCCCn1c(=O)ccc2c(Cl)c(C(=O)O)c(Cl)cc21. The van der Waals surface area contributed by atoms with Crippen LogP contribution in [0, 0.1) is 0 Å². The van der Waals surface area contributed by atoms with E-state index in [1.807, 2.05) is 6.92 Å². The fourth-order valence-corrected chi connectivity index (χ4v) is 2.78. The molecule has 0 amide bonds. The standard InChI is InChI=1S/C14H13Cl2NO3/c1-2-3-6-17-10-7-9(15)12(14(19)20)13(16)8(10)4-5-11(17)18/h4-5,7H,2-3,6H2,1H3,(H,19,20). The maximum absolute atomic E-state index is 11.9. The number of aryl methyl sites for hydroxylation is 1. The Morgan fingerprint density at radius 1 is 1.35 bits per heavy atom. The molecule has 1 aromatic carbocycles. The van der Waals surface area contributed by atoms with Crippen molar-refractivity contribution in [3.05, 3.63) is 44.2 Å². The molecule has 0 radical (unpaired) electrons. The second-order valence-electron chi connectivity index (χ2n) is 4.46. The molecule has 0 bridgehead atoms. The first-order valence-electron chi connectivity index (χ1n) is 6.22. The predicted octanol–water partition coefficient (Wildman–Crippen LogP) is 3.81. The first kappa shape index (κ1) is 14.9. The van der Waals surface area contributed by atoms with E-state index < -0.39 is 5.97 Å². The highest BCUT2D eigenvalue weighted by atomic mass is 35.5. The van der Waals surface area contributed by atoms with Crippen molar-refractivity contribution in [2.45, 2.75) is 26.3 Å².